The van der Waals surface area contributed by atoms with Crippen molar-refractivity contribution < 1.29 is 13.9 Å². The Balaban J connectivity index is 3.22. The molecule has 0 amide bonds. The molecule has 0 atom stereocenters. The first-order chi connectivity index (χ1) is 7.09. The number of ether oxygens (including phenoxy) is 2. The highest BCUT2D eigenvalue weighted by Gasteiger charge is 2.33. The van der Waals surface area contributed by atoms with Gasteiger partial charge in [0.1, 0.15) is 5.82 Å². The second kappa shape index (κ2) is 5.03. The predicted molar refractivity (Wildman–Crippen MR) is 58.9 cm³/mol. The lowest BCUT2D eigenvalue weighted by atomic mass is 10.1. The summed E-state index contributed by atoms with van der Waals surface area (Å²) < 4.78 is 24.6. The minimum Gasteiger partial charge on any atom is -0.348 e. The summed E-state index contributed by atoms with van der Waals surface area (Å²) in [5.41, 5.74) is 5.83. The van der Waals surface area contributed by atoms with E-state index in [1.54, 1.807) is 12.1 Å². The van der Waals surface area contributed by atoms with Crippen LogP contribution in [-0.2, 0) is 15.3 Å². The lowest BCUT2D eigenvalue weighted by Crippen LogP contribution is -2.39. The van der Waals surface area contributed by atoms with Gasteiger partial charge in [-0.2, -0.15) is 0 Å². The van der Waals surface area contributed by atoms with Crippen molar-refractivity contribution >= 4 is 15.9 Å². The minimum absolute atomic E-state index is 0.0402. The van der Waals surface area contributed by atoms with Gasteiger partial charge in [0.15, 0.2) is 0 Å². The molecule has 0 unspecified atom stereocenters. The van der Waals surface area contributed by atoms with Gasteiger partial charge >= 0.3 is 0 Å². The molecule has 2 N–H and O–H groups in total. The molecule has 84 valence electrons. The van der Waals surface area contributed by atoms with Crippen molar-refractivity contribution in [3.63, 3.8) is 0 Å². The van der Waals surface area contributed by atoms with Crippen molar-refractivity contribution in [3.8, 4) is 0 Å². The highest BCUT2D eigenvalue weighted by atomic mass is 79.9. The van der Waals surface area contributed by atoms with E-state index < -0.39 is 11.6 Å². The first kappa shape index (κ1) is 12.6. The fourth-order valence-electron chi connectivity index (χ4n) is 1.38. The van der Waals surface area contributed by atoms with Crippen molar-refractivity contribution in [1.82, 2.24) is 0 Å². The number of nitrogens with two attached hydrogens (primary N) is 1. The van der Waals surface area contributed by atoms with Crippen LogP contribution in [0.5, 0.6) is 0 Å². The summed E-state index contributed by atoms with van der Waals surface area (Å²) in [6.45, 7) is 0.0402. The lowest BCUT2D eigenvalue weighted by Gasteiger charge is -2.30. The molecule has 1 aromatic rings. The van der Waals surface area contributed by atoms with Crippen LogP contribution in [0.4, 0.5) is 4.39 Å². The second-order valence-electron chi connectivity index (χ2n) is 2.99. The van der Waals surface area contributed by atoms with Gasteiger partial charge < -0.3 is 15.2 Å². The highest BCUT2D eigenvalue weighted by molar-refractivity contribution is 9.10. The van der Waals surface area contributed by atoms with Gasteiger partial charge in [-0.3, -0.25) is 0 Å². The lowest BCUT2D eigenvalue weighted by molar-refractivity contribution is -0.209. The Morgan fingerprint density at radius 1 is 1.40 bits per heavy atom. The molecule has 0 aliphatic heterocycles. The maximum atomic E-state index is 13.7. The van der Waals surface area contributed by atoms with Gasteiger partial charge in [-0.05, 0) is 18.2 Å². The first-order valence-corrected chi connectivity index (χ1v) is 5.15. The van der Waals surface area contributed by atoms with Crippen LogP contribution in [0.2, 0.25) is 0 Å². The Morgan fingerprint density at radius 3 is 2.40 bits per heavy atom. The van der Waals surface area contributed by atoms with Crippen molar-refractivity contribution in [2.24, 2.45) is 5.73 Å². The molecular weight excluding hydrogens is 265 g/mol. The van der Waals surface area contributed by atoms with E-state index in [1.807, 2.05) is 0 Å². The fourth-order valence-corrected chi connectivity index (χ4v) is 1.71. The maximum Gasteiger partial charge on any atom is 0.209 e. The summed E-state index contributed by atoms with van der Waals surface area (Å²) in [6, 6.07) is 4.64. The molecule has 1 rings (SSSR count). The molecule has 0 aromatic heterocycles. The SMILES string of the molecule is COC(CN)(OC)c1ccc(Br)cc1F. The molecule has 0 aliphatic rings. The Morgan fingerprint density at radius 2 is 2.00 bits per heavy atom. The zero-order valence-corrected chi connectivity index (χ0v) is 10.2. The van der Waals surface area contributed by atoms with E-state index >= 15 is 0 Å². The quantitative estimate of drug-likeness (QED) is 0.857. The van der Waals surface area contributed by atoms with Crippen molar-refractivity contribution in [1.29, 1.82) is 0 Å². The Bertz CT molecular complexity index is 334. The zero-order valence-electron chi connectivity index (χ0n) is 8.59. The van der Waals surface area contributed by atoms with Gasteiger partial charge in [-0.25, -0.2) is 4.39 Å². The van der Waals surface area contributed by atoms with Gasteiger partial charge in [-0.1, -0.05) is 15.9 Å². The number of rotatable bonds is 4. The van der Waals surface area contributed by atoms with E-state index in [2.05, 4.69) is 15.9 Å². The van der Waals surface area contributed by atoms with Crippen LogP contribution in [0, 0.1) is 5.82 Å². The average Bonchev–Trinajstić information content (AvgIpc) is 2.23. The van der Waals surface area contributed by atoms with Crippen LogP contribution >= 0.6 is 15.9 Å². The van der Waals surface area contributed by atoms with Crippen LogP contribution in [0.3, 0.4) is 0 Å². The third kappa shape index (κ3) is 2.36. The zero-order chi connectivity index (χ0) is 11.5. The molecule has 15 heavy (non-hydrogen) atoms. The van der Waals surface area contributed by atoms with Crippen LogP contribution in [0.15, 0.2) is 22.7 Å². The molecule has 0 radical (unpaired) electrons. The fraction of sp³-hybridized carbons (Fsp3) is 0.400. The standard InChI is InChI=1S/C10H13BrFNO2/c1-14-10(6-13,15-2)8-4-3-7(11)5-9(8)12/h3-5H,6,13H2,1-2H3. The molecule has 0 saturated carbocycles. The molecule has 0 heterocycles. The summed E-state index contributed by atoms with van der Waals surface area (Å²) in [7, 11) is 2.86. The second-order valence-corrected chi connectivity index (χ2v) is 3.91. The van der Waals surface area contributed by atoms with Crippen LogP contribution in [-0.4, -0.2) is 20.8 Å². The van der Waals surface area contributed by atoms with Crippen molar-refractivity contribution in [3.05, 3.63) is 34.1 Å². The maximum absolute atomic E-state index is 13.7. The topological polar surface area (TPSA) is 44.5 Å². The number of halogens is 2. The molecule has 1 aromatic carbocycles. The average molecular weight is 278 g/mol. The normalized spacial score (nSPS) is 11.8. The Labute approximate surface area is 96.5 Å². The summed E-state index contributed by atoms with van der Waals surface area (Å²) >= 11 is 3.18. The number of hydrogen-bond acceptors (Lipinski definition) is 3. The van der Waals surface area contributed by atoms with Crippen LogP contribution in [0.1, 0.15) is 5.56 Å². The monoisotopic (exact) mass is 277 g/mol. The van der Waals surface area contributed by atoms with Gasteiger partial charge in [0.05, 0.1) is 6.54 Å². The van der Waals surface area contributed by atoms with Crippen LogP contribution in [0.25, 0.3) is 0 Å². The number of hydrogen-bond donors (Lipinski definition) is 1. The molecule has 0 fully saturated rings. The van der Waals surface area contributed by atoms with Gasteiger partial charge in [-0.15, -0.1) is 0 Å². The van der Waals surface area contributed by atoms with Crippen molar-refractivity contribution in [2.45, 2.75) is 5.79 Å². The van der Waals surface area contributed by atoms with E-state index in [4.69, 9.17) is 15.2 Å². The first-order valence-electron chi connectivity index (χ1n) is 4.35. The van der Waals surface area contributed by atoms with E-state index in [9.17, 15) is 4.39 Å². The highest BCUT2D eigenvalue weighted by Crippen LogP contribution is 2.28. The molecule has 0 bridgehead atoms. The van der Waals surface area contributed by atoms with E-state index in [0.717, 1.165) is 0 Å². The third-order valence-corrected chi connectivity index (χ3v) is 2.76. The molecule has 0 aliphatic carbocycles. The largest absolute Gasteiger partial charge is 0.348 e. The van der Waals surface area contributed by atoms with E-state index in [-0.39, 0.29) is 6.54 Å². The minimum atomic E-state index is -1.22. The molecule has 3 nitrogen and oxygen atoms in total. The molecule has 5 heteroatoms. The van der Waals surface area contributed by atoms with Crippen molar-refractivity contribution in [2.75, 3.05) is 20.8 Å². The summed E-state index contributed by atoms with van der Waals surface area (Å²) in [5, 5.41) is 0. The van der Waals surface area contributed by atoms with E-state index in [1.165, 1.54) is 20.3 Å². The third-order valence-electron chi connectivity index (χ3n) is 2.27. The molecule has 0 saturated heterocycles. The van der Waals surface area contributed by atoms with E-state index in [0.29, 0.717) is 10.0 Å². The van der Waals surface area contributed by atoms with Gasteiger partial charge in [0, 0.05) is 24.3 Å². The number of methoxy groups -OCH3 is 2. The Hall–Kier alpha value is -0.490. The predicted octanol–water partition coefficient (Wildman–Crippen LogP) is 1.99. The van der Waals surface area contributed by atoms with Crippen LogP contribution < -0.4 is 5.73 Å². The smallest absolute Gasteiger partial charge is 0.209 e. The number of benzene rings is 1. The summed E-state index contributed by atoms with van der Waals surface area (Å²) in [6.07, 6.45) is 0. The Kier molecular flexibility index (Phi) is 4.21. The van der Waals surface area contributed by atoms with Gasteiger partial charge in [0.25, 0.3) is 0 Å². The summed E-state index contributed by atoms with van der Waals surface area (Å²) in [5.74, 6) is -1.64. The summed E-state index contributed by atoms with van der Waals surface area (Å²) in [4.78, 5) is 0. The van der Waals surface area contributed by atoms with Gasteiger partial charge in [0.2, 0.25) is 5.79 Å². The molecule has 0 spiro atoms. The molecular formula is C10H13BrFNO2.